The number of hydrogen-bond donors (Lipinski definition) is 1. The third-order valence-electron chi connectivity index (χ3n) is 3.54. The number of carbonyl (C=O) groups is 1. The second kappa shape index (κ2) is 7.68. The van der Waals surface area contributed by atoms with Gasteiger partial charge in [-0.2, -0.15) is 5.26 Å². The summed E-state index contributed by atoms with van der Waals surface area (Å²) in [6.45, 7) is 0.130. The zero-order valence-electron chi connectivity index (χ0n) is 13.5. The van der Waals surface area contributed by atoms with E-state index in [-0.39, 0.29) is 12.4 Å². The van der Waals surface area contributed by atoms with Crippen molar-refractivity contribution in [1.29, 1.82) is 5.26 Å². The lowest BCUT2D eigenvalue weighted by Crippen LogP contribution is -2.13. The van der Waals surface area contributed by atoms with Crippen LogP contribution in [0.3, 0.4) is 0 Å². The van der Waals surface area contributed by atoms with Crippen molar-refractivity contribution in [2.45, 2.75) is 0 Å². The Bertz CT molecular complexity index is 953. The number of anilines is 1. The van der Waals surface area contributed by atoms with Crippen molar-refractivity contribution in [2.75, 3.05) is 19.2 Å². The Morgan fingerprint density at radius 1 is 1.38 bits per heavy atom. The minimum Gasteiger partial charge on any atom is -0.495 e. The van der Waals surface area contributed by atoms with E-state index < -0.39 is 5.91 Å². The summed E-state index contributed by atoms with van der Waals surface area (Å²) in [6.07, 6.45) is 1.47. The standard InChI is InChI=1S/C18H12BrClN2O4/c1-24-15-3-2-12(7-14(15)20)22-18(23)11(8-21)4-10-5-13(19)17-16(6-10)25-9-26-17/h2-7H,9H2,1H3,(H,22,23)/b11-4+. The Labute approximate surface area is 163 Å². The molecule has 0 saturated carbocycles. The van der Waals surface area contributed by atoms with E-state index in [2.05, 4.69) is 21.2 Å². The van der Waals surface area contributed by atoms with Crippen LogP contribution in [0.1, 0.15) is 5.56 Å². The summed E-state index contributed by atoms with van der Waals surface area (Å²) < 4.78 is 16.4. The summed E-state index contributed by atoms with van der Waals surface area (Å²) in [7, 11) is 1.50. The number of ether oxygens (including phenoxy) is 3. The molecule has 0 spiro atoms. The van der Waals surface area contributed by atoms with Gasteiger partial charge in [-0.1, -0.05) is 11.6 Å². The third kappa shape index (κ3) is 3.77. The molecule has 2 aromatic rings. The number of nitrogens with zero attached hydrogens (tertiary/aromatic N) is 1. The first-order chi connectivity index (χ1) is 12.5. The van der Waals surface area contributed by atoms with Crippen molar-refractivity contribution in [3.8, 4) is 23.3 Å². The molecule has 0 atom stereocenters. The average molecular weight is 436 g/mol. The summed E-state index contributed by atoms with van der Waals surface area (Å²) in [5.41, 5.74) is 1.01. The van der Waals surface area contributed by atoms with Crippen molar-refractivity contribution in [2.24, 2.45) is 0 Å². The van der Waals surface area contributed by atoms with Crippen LogP contribution in [0.5, 0.6) is 17.2 Å². The minimum absolute atomic E-state index is 0.0669. The van der Waals surface area contributed by atoms with Crippen LogP contribution >= 0.6 is 27.5 Å². The van der Waals surface area contributed by atoms with Crippen LogP contribution in [0.15, 0.2) is 40.4 Å². The molecule has 8 heteroatoms. The molecular weight excluding hydrogens is 424 g/mol. The summed E-state index contributed by atoms with van der Waals surface area (Å²) >= 11 is 9.42. The lowest BCUT2D eigenvalue weighted by Gasteiger charge is -2.08. The molecule has 1 aliphatic rings. The van der Waals surface area contributed by atoms with E-state index in [1.54, 1.807) is 30.3 Å². The Morgan fingerprint density at radius 2 is 2.19 bits per heavy atom. The Kier molecular flexibility index (Phi) is 5.35. The summed E-state index contributed by atoms with van der Waals surface area (Å²) in [6, 6.07) is 10.1. The van der Waals surface area contributed by atoms with Crippen molar-refractivity contribution in [1.82, 2.24) is 0 Å². The molecule has 0 aromatic heterocycles. The van der Waals surface area contributed by atoms with Gasteiger partial charge in [0.05, 0.1) is 16.6 Å². The number of nitriles is 1. The fraction of sp³-hybridized carbons (Fsp3) is 0.111. The molecule has 1 amide bonds. The molecule has 3 rings (SSSR count). The first kappa shape index (κ1) is 18.1. The van der Waals surface area contributed by atoms with E-state index in [1.807, 2.05) is 6.07 Å². The fourth-order valence-electron chi connectivity index (χ4n) is 2.33. The highest BCUT2D eigenvalue weighted by Gasteiger charge is 2.18. The van der Waals surface area contributed by atoms with Gasteiger partial charge in [0.15, 0.2) is 11.5 Å². The highest BCUT2D eigenvalue weighted by atomic mass is 79.9. The number of amides is 1. The smallest absolute Gasteiger partial charge is 0.266 e. The molecule has 0 saturated heterocycles. The SMILES string of the molecule is COc1ccc(NC(=O)/C(C#N)=C/c2cc(Br)c3c(c2)OCO3)cc1Cl. The van der Waals surface area contributed by atoms with Crippen molar-refractivity contribution in [3.05, 3.63) is 51.0 Å². The average Bonchev–Trinajstić information content (AvgIpc) is 3.09. The number of halogens is 2. The van der Waals surface area contributed by atoms with Crippen molar-refractivity contribution >= 4 is 45.2 Å². The third-order valence-corrected chi connectivity index (χ3v) is 4.42. The summed E-state index contributed by atoms with van der Waals surface area (Å²) in [5, 5.41) is 12.3. The second-order valence-electron chi connectivity index (χ2n) is 5.21. The number of hydrogen-bond acceptors (Lipinski definition) is 5. The quantitative estimate of drug-likeness (QED) is 0.569. The van der Waals surface area contributed by atoms with Crippen molar-refractivity contribution in [3.63, 3.8) is 0 Å². The molecule has 0 unspecified atom stereocenters. The van der Waals surface area contributed by atoms with Crippen LogP contribution in [0.2, 0.25) is 5.02 Å². The molecule has 1 heterocycles. The Morgan fingerprint density at radius 3 is 2.88 bits per heavy atom. The second-order valence-corrected chi connectivity index (χ2v) is 6.47. The van der Waals surface area contributed by atoms with Crippen molar-refractivity contribution < 1.29 is 19.0 Å². The van der Waals surface area contributed by atoms with Gasteiger partial charge < -0.3 is 19.5 Å². The van der Waals surface area contributed by atoms with Gasteiger partial charge in [0, 0.05) is 5.69 Å². The molecule has 1 N–H and O–H groups in total. The molecule has 2 aromatic carbocycles. The highest BCUT2D eigenvalue weighted by Crippen LogP contribution is 2.40. The van der Waals surface area contributed by atoms with E-state index in [4.69, 9.17) is 25.8 Å². The van der Waals surface area contributed by atoms with E-state index in [9.17, 15) is 10.1 Å². The van der Waals surface area contributed by atoms with E-state index in [0.29, 0.717) is 38.0 Å². The Balaban J connectivity index is 1.83. The molecule has 1 aliphatic heterocycles. The maximum Gasteiger partial charge on any atom is 0.266 e. The fourth-order valence-corrected chi connectivity index (χ4v) is 3.16. The van der Waals surface area contributed by atoms with Gasteiger partial charge in [-0.25, -0.2) is 0 Å². The van der Waals surface area contributed by atoms with Gasteiger partial charge in [0.25, 0.3) is 5.91 Å². The van der Waals surface area contributed by atoms with Gasteiger partial charge in [-0.3, -0.25) is 4.79 Å². The predicted octanol–water partition coefficient (Wildman–Crippen LogP) is 4.39. The van der Waals surface area contributed by atoms with E-state index in [0.717, 1.165) is 0 Å². The highest BCUT2D eigenvalue weighted by molar-refractivity contribution is 9.10. The number of nitrogens with one attached hydrogen (secondary N) is 1. The molecule has 0 aliphatic carbocycles. The van der Waals surface area contributed by atoms with Gasteiger partial charge >= 0.3 is 0 Å². The molecule has 0 bridgehead atoms. The monoisotopic (exact) mass is 434 g/mol. The predicted molar refractivity (Wildman–Crippen MR) is 100 cm³/mol. The first-order valence-corrected chi connectivity index (χ1v) is 8.54. The molecule has 132 valence electrons. The zero-order valence-corrected chi connectivity index (χ0v) is 15.8. The van der Waals surface area contributed by atoms with Crippen LogP contribution in [0, 0.1) is 11.3 Å². The van der Waals surface area contributed by atoms with Crippen LogP contribution in [0.4, 0.5) is 5.69 Å². The van der Waals surface area contributed by atoms with Crippen LogP contribution < -0.4 is 19.5 Å². The van der Waals surface area contributed by atoms with Gasteiger partial charge in [0.1, 0.15) is 17.4 Å². The maximum absolute atomic E-state index is 12.4. The summed E-state index contributed by atoms with van der Waals surface area (Å²) in [5.74, 6) is 1.08. The molecular formula is C18H12BrClN2O4. The Hall–Kier alpha value is -2.69. The minimum atomic E-state index is -0.553. The lowest BCUT2D eigenvalue weighted by atomic mass is 10.1. The first-order valence-electron chi connectivity index (χ1n) is 7.37. The molecule has 0 fully saturated rings. The molecule has 26 heavy (non-hydrogen) atoms. The molecule has 0 radical (unpaired) electrons. The maximum atomic E-state index is 12.4. The van der Waals surface area contributed by atoms with Gasteiger partial charge in [-0.15, -0.1) is 0 Å². The van der Waals surface area contributed by atoms with Gasteiger partial charge in [0.2, 0.25) is 6.79 Å². The van der Waals surface area contributed by atoms with E-state index in [1.165, 1.54) is 13.2 Å². The number of fused-ring (bicyclic) bond motifs is 1. The number of carbonyl (C=O) groups excluding carboxylic acids is 1. The van der Waals surface area contributed by atoms with Crippen LogP contribution in [-0.4, -0.2) is 19.8 Å². The van der Waals surface area contributed by atoms with Crippen LogP contribution in [0.25, 0.3) is 6.08 Å². The number of benzene rings is 2. The van der Waals surface area contributed by atoms with Gasteiger partial charge in [-0.05, 0) is 57.9 Å². The number of methoxy groups -OCH3 is 1. The molecule has 6 nitrogen and oxygen atoms in total. The topological polar surface area (TPSA) is 80.6 Å². The number of rotatable bonds is 4. The zero-order chi connectivity index (χ0) is 18.7. The van der Waals surface area contributed by atoms with Crippen LogP contribution in [-0.2, 0) is 4.79 Å². The summed E-state index contributed by atoms with van der Waals surface area (Å²) in [4.78, 5) is 12.4. The van der Waals surface area contributed by atoms with E-state index >= 15 is 0 Å². The lowest BCUT2D eigenvalue weighted by molar-refractivity contribution is -0.112. The normalized spacial score (nSPS) is 12.5. The largest absolute Gasteiger partial charge is 0.495 e.